The Bertz CT molecular complexity index is 476. The third-order valence-corrected chi connectivity index (χ3v) is 5.07. The first kappa shape index (κ1) is 14.3. The number of nitrogens with zero attached hydrogens (tertiary/aromatic N) is 3. The second-order valence-electron chi connectivity index (χ2n) is 5.16. The van der Waals surface area contributed by atoms with Gasteiger partial charge in [-0.15, -0.1) is 10.2 Å². The first-order valence-electron chi connectivity index (χ1n) is 6.46. The van der Waals surface area contributed by atoms with E-state index in [2.05, 4.69) is 10.2 Å². The number of carbonyl (C=O) groups is 1. The van der Waals surface area contributed by atoms with Gasteiger partial charge in [-0.05, 0) is 32.1 Å². The zero-order valence-corrected chi connectivity index (χ0v) is 12.1. The largest absolute Gasteiger partial charge is 0.480 e. The number of aromatic nitrogens is 3. The van der Waals surface area contributed by atoms with Crippen molar-refractivity contribution in [3.63, 3.8) is 0 Å². The Kier molecular flexibility index (Phi) is 4.15. The Morgan fingerprint density at radius 1 is 1.63 bits per heavy atom. The van der Waals surface area contributed by atoms with Crippen LogP contribution in [0.25, 0.3) is 0 Å². The Morgan fingerprint density at radius 2 is 2.37 bits per heavy atom. The lowest BCUT2D eigenvalue weighted by molar-refractivity contribution is -0.144. The van der Waals surface area contributed by atoms with Gasteiger partial charge in [-0.25, -0.2) is 0 Å². The molecule has 1 aromatic heterocycles. The van der Waals surface area contributed by atoms with Crippen LogP contribution in [-0.2, 0) is 11.8 Å². The molecule has 0 saturated heterocycles. The van der Waals surface area contributed by atoms with Gasteiger partial charge in [-0.1, -0.05) is 18.2 Å². The van der Waals surface area contributed by atoms with E-state index in [4.69, 9.17) is 5.73 Å². The van der Waals surface area contributed by atoms with Crippen molar-refractivity contribution in [3.8, 4) is 0 Å². The lowest BCUT2D eigenvalue weighted by atomic mass is 9.86. The van der Waals surface area contributed by atoms with Crippen molar-refractivity contribution in [1.82, 2.24) is 14.8 Å². The molecule has 0 amide bonds. The van der Waals surface area contributed by atoms with E-state index in [1.54, 1.807) is 11.8 Å². The summed E-state index contributed by atoms with van der Waals surface area (Å²) in [4.78, 5) is 11.3. The molecule has 2 unspecified atom stereocenters. The average Bonchev–Trinajstić information content (AvgIpc) is 2.88. The second kappa shape index (κ2) is 5.50. The van der Waals surface area contributed by atoms with Gasteiger partial charge in [0, 0.05) is 12.8 Å². The molecule has 1 fully saturated rings. The van der Waals surface area contributed by atoms with E-state index in [-0.39, 0.29) is 5.92 Å². The first-order valence-corrected chi connectivity index (χ1v) is 7.45. The number of thioether (sulfide) groups is 1. The summed E-state index contributed by atoms with van der Waals surface area (Å²) in [7, 11) is 1.93. The van der Waals surface area contributed by atoms with Crippen molar-refractivity contribution in [2.75, 3.05) is 5.75 Å². The Hall–Kier alpha value is -1.08. The number of aryl methyl sites for hydroxylation is 1. The summed E-state index contributed by atoms with van der Waals surface area (Å²) in [6.45, 7) is 1.91. The lowest BCUT2D eigenvalue weighted by Gasteiger charge is -2.26. The van der Waals surface area contributed by atoms with Crippen LogP contribution in [0.3, 0.4) is 0 Å². The molecule has 0 spiro atoms. The van der Waals surface area contributed by atoms with E-state index in [0.29, 0.717) is 6.42 Å². The summed E-state index contributed by atoms with van der Waals surface area (Å²) in [6.07, 6.45) is 3.20. The minimum absolute atomic E-state index is 0.0619. The molecular formula is C12H20N4O2S. The molecule has 19 heavy (non-hydrogen) atoms. The third-order valence-electron chi connectivity index (χ3n) is 4.02. The van der Waals surface area contributed by atoms with Gasteiger partial charge < -0.3 is 15.4 Å². The molecule has 0 bridgehead atoms. The highest BCUT2D eigenvalue weighted by Gasteiger charge is 2.45. The number of nitrogens with two attached hydrogens (primary N) is 1. The fourth-order valence-corrected chi connectivity index (χ4v) is 3.60. The summed E-state index contributed by atoms with van der Waals surface area (Å²) in [5.74, 6) is 0.895. The van der Waals surface area contributed by atoms with Crippen LogP contribution in [-0.4, -0.2) is 37.1 Å². The van der Waals surface area contributed by atoms with Crippen LogP contribution >= 0.6 is 11.8 Å². The van der Waals surface area contributed by atoms with E-state index in [9.17, 15) is 9.90 Å². The van der Waals surface area contributed by atoms with Gasteiger partial charge in [0.2, 0.25) is 0 Å². The minimum atomic E-state index is -1.03. The molecule has 1 aliphatic rings. The van der Waals surface area contributed by atoms with Crippen LogP contribution < -0.4 is 5.73 Å². The highest BCUT2D eigenvalue weighted by Crippen LogP contribution is 2.37. The molecule has 2 atom stereocenters. The molecule has 1 saturated carbocycles. The van der Waals surface area contributed by atoms with Gasteiger partial charge in [-0.3, -0.25) is 4.79 Å². The first-order chi connectivity index (χ1) is 8.95. The van der Waals surface area contributed by atoms with Crippen LogP contribution in [0.5, 0.6) is 0 Å². The SMILES string of the molecule is Cc1nnc(SCCC2CCCC2(N)C(=O)O)n1C. The molecule has 7 heteroatoms. The number of carboxylic acid groups (broad SMARTS) is 1. The predicted molar refractivity (Wildman–Crippen MR) is 73.0 cm³/mol. The van der Waals surface area contributed by atoms with Crippen molar-refractivity contribution < 1.29 is 9.90 Å². The fourth-order valence-electron chi connectivity index (χ4n) is 2.59. The Morgan fingerprint density at radius 3 is 2.95 bits per heavy atom. The van der Waals surface area contributed by atoms with E-state index in [1.165, 1.54) is 0 Å². The molecule has 3 N–H and O–H groups in total. The molecule has 1 heterocycles. The highest BCUT2D eigenvalue weighted by atomic mass is 32.2. The molecule has 1 aliphatic carbocycles. The quantitative estimate of drug-likeness (QED) is 0.789. The fraction of sp³-hybridized carbons (Fsp3) is 0.750. The molecule has 0 radical (unpaired) electrons. The van der Waals surface area contributed by atoms with E-state index in [0.717, 1.165) is 36.0 Å². The monoisotopic (exact) mass is 284 g/mol. The summed E-state index contributed by atoms with van der Waals surface area (Å²) in [5, 5.41) is 18.2. The Labute approximate surface area is 116 Å². The van der Waals surface area contributed by atoms with E-state index < -0.39 is 11.5 Å². The van der Waals surface area contributed by atoms with Crippen molar-refractivity contribution >= 4 is 17.7 Å². The molecule has 2 rings (SSSR count). The van der Waals surface area contributed by atoms with E-state index in [1.807, 2.05) is 18.5 Å². The smallest absolute Gasteiger partial charge is 0.323 e. The van der Waals surface area contributed by atoms with Crippen LogP contribution in [0.4, 0.5) is 0 Å². The number of hydrogen-bond donors (Lipinski definition) is 2. The maximum atomic E-state index is 11.3. The maximum absolute atomic E-state index is 11.3. The number of hydrogen-bond acceptors (Lipinski definition) is 5. The van der Waals surface area contributed by atoms with Gasteiger partial charge in [-0.2, -0.15) is 0 Å². The topological polar surface area (TPSA) is 94.0 Å². The van der Waals surface area contributed by atoms with Crippen LogP contribution in [0.1, 0.15) is 31.5 Å². The van der Waals surface area contributed by atoms with Crippen molar-refractivity contribution in [3.05, 3.63) is 5.82 Å². The minimum Gasteiger partial charge on any atom is -0.480 e. The average molecular weight is 284 g/mol. The number of aliphatic carboxylic acids is 1. The molecule has 1 aromatic rings. The number of carboxylic acids is 1. The number of rotatable bonds is 5. The molecular weight excluding hydrogens is 264 g/mol. The standard InChI is InChI=1S/C12H20N4O2S/c1-8-14-15-11(16(8)2)19-7-5-9-4-3-6-12(9,13)10(17)18/h9H,3-7,13H2,1-2H3,(H,17,18). The van der Waals surface area contributed by atoms with E-state index >= 15 is 0 Å². The molecule has 0 aliphatic heterocycles. The predicted octanol–water partition coefficient (Wildman–Crippen LogP) is 1.19. The zero-order valence-electron chi connectivity index (χ0n) is 11.3. The van der Waals surface area contributed by atoms with Crippen molar-refractivity contribution in [2.24, 2.45) is 18.7 Å². The summed E-state index contributed by atoms with van der Waals surface area (Å²) in [6, 6.07) is 0. The molecule has 0 aromatic carbocycles. The summed E-state index contributed by atoms with van der Waals surface area (Å²) < 4.78 is 1.94. The second-order valence-corrected chi connectivity index (χ2v) is 6.22. The van der Waals surface area contributed by atoms with Gasteiger partial charge in [0.15, 0.2) is 5.16 Å². The van der Waals surface area contributed by atoms with Gasteiger partial charge >= 0.3 is 5.97 Å². The molecule has 106 valence electrons. The highest BCUT2D eigenvalue weighted by molar-refractivity contribution is 7.99. The zero-order chi connectivity index (χ0) is 14.0. The third kappa shape index (κ3) is 2.76. The maximum Gasteiger partial charge on any atom is 0.323 e. The van der Waals surface area contributed by atoms with Crippen LogP contribution in [0.15, 0.2) is 5.16 Å². The Balaban J connectivity index is 1.89. The van der Waals surface area contributed by atoms with Crippen LogP contribution in [0, 0.1) is 12.8 Å². The normalized spacial score (nSPS) is 26.8. The molecule has 6 nitrogen and oxygen atoms in total. The van der Waals surface area contributed by atoms with Crippen molar-refractivity contribution in [1.29, 1.82) is 0 Å². The van der Waals surface area contributed by atoms with Gasteiger partial charge in [0.25, 0.3) is 0 Å². The van der Waals surface area contributed by atoms with Gasteiger partial charge in [0.1, 0.15) is 11.4 Å². The summed E-state index contributed by atoms with van der Waals surface area (Å²) >= 11 is 1.61. The van der Waals surface area contributed by atoms with Crippen LogP contribution in [0.2, 0.25) is 0 Å². The summed E-state index contributed by atoms with van der Waals surface area (Å²) in [5.41, 5.74) is 4.99. The van der Waals surface area contributed by atoms with Crippen molar-refractivity contribution in [2.45, 2.75) is 43.3 Å². The lowest BCUT2D eigenvalue weighted by Crippen LogP contribution is -2.51. The van der Waals surface area contributed by atoms with Gasteiger partial charge in [0.05, 0.1) is 0 Å².